The van der Waals surface area contributed by atoms with Crippen molar-refractivity contribution >= 4 is 16.4 Å². The molecule has 0 N–H and O–H groups in total. The summed E-state index contributed by atoms with van der Waals surface area (Å²) in [6.07, 6.45) is 4.06. The number of hydrogen-bond acceptors (Lipinski definition) is 1. The molecule has 0 saturated carbocycles. The third-order valence-corrected chi connectivity index (χ3v) is 3.34. The number of rotatable bonds is 1. The number of benzene rings is 2. The van der Waals surface area contributed by atoms with Gasteiger partial charge in [-0.15, -0.1) is 29.1 Å². The average molecular weight is 436 g/mol. The van der Waals surface area contributed by atoms with Crippen LogP contribution in [-0.4, -0.2) is 9.38 Å². The standard InChI is InChI=1S/C17H11N2.Ir/c1-2-8-14-13(6-1)7-5-9-15(14)16-12-19-11-4-3-10-17(19)18-16;/h1-8,10-12H;/q-1;. The van der Waals surface area contributed by atoms with Gasteiger partial charge in [-0.2, -0.15) is 0 Å². The number of nitrogens with zero attached hydrogens (tertiary/aromatic N) is 2. The third-order valence-electron chi connectivity index (χ3n) is 3.34. The Labute approximate surface area is 130 Å². The van der Waals surface area contributed by atoms with E-state index in [0.29, 0.717) is 0 Å². The van der Waals surface area contributed by atoms with Crippen LogP contribution in [0.1, 0.15) is 0 Å². The summed E-state index contributed by atoms with van der Waals surface area (Å²) in [5, 5.41) is 2.40. The number of aromatic nitrogens is 2. The summed E-state index contributed by atoms with van der Waals surface area (Å²) in [5.74, 6) is 0. The van der Waals surface area contributed by atoms with Crippen LogP contribution in [0.3, 0.4) is 0 Å². The topological polar surface area (TPSA) is 17.3 Å². The van der Waals surface area contributed by atoms with Gasteiger partial charge in [0.15, 0.2) is 0 Å². The smallest absolute Gasteiger partial charge is 0.126 e. The molecule has 0 bridgehead atoms. The molecule has 4 rings (SSSR count). The summed E-state index contributed by atoms with van der Waals surface area (Å²) in [6.45, 7) is 0. The van der Waals surface area contributed by atoms with E-state index in [1.54, 1.807) is 0 Å². The first-order valence-corrected chi connectivity index (χ1v) is 6.25. The van der Waals surface area contributed by atoms with Gasteiger partial charge in [-0.1, -0.05) is 35.7 Å². The molecule has 0 aliphatic heterocycles. The van der Waals surface area contributed by atoms with Gasteiger partial charge in [0, 0.05) is 32.0 Å². The fourth-order valence-electron chi connectivity index (χ4n) is 2.43. The Bertz CT molecular complexity index is 842. The molecule has 0 spiro atoms. The van der Waals surface area contributed by atoms with Crippen molar-refractivity contribution in [1.82, 2.24) is 9.38 Å². The van der Waals surface area contributed by atoms with Gasteiger partial charge in [-0.3, -0.25) is 4.98 Å². The summed E-state index contributed by atoms with van der Waals surface area (Å²) in [6, 6.07) is 21.7. The SMILES string of the molecule is [Ir].[c-]1ccc2ccccc2c1-c1cn2ccccc2n1. The van der Waals surface area contributed by atoms with Crippen molar-refractivity contribution in [2.24, 2.45) is 0 Å². The number of imidazole rings is 1. The van der Waals surface area contributed by atoms with Crippen LogP contribution in [0.2, 0.25) is 0 Å². The predicted octanol–water partition coefficient (Wildman–Crippen LogP) is 3.95. The molecular weight excluding hydrogens is 424 g/mol. The van der Waals surface area contributed by atoms with Crippen molar-refractivity contribution in [3.63, 3.8) is 0 Å². The van der Waals surface area contributed by atoms with Gasteiger partial charge >= 0.3 is 0 Å². The van der Waals surface area contributed by atoms with E-state index in [-0.39, 0.29) is 20.1 Å². The Morgan fingerprint density at radius 3 is 2.70 bits per heavy atom. The van der Waals surface area contributed by atoms with Gasteiger partial charge < -0.3 is 4.40 Å². The van der Waals surface area contributed by atoms with Crippen molar-refractivity contribution in [2.75, 3.05) is 0 Å². The minimum absolute atomic E-state index is 0. The largest absolute Gasteiger partial charge is 0.316 e. The Hall–Kier alpha value is -1.96. The molecule has 2 nitrogen and oxygen atoms in total. The molecule has 2 heterocycles. The van der Waals surface area contributed by atoms with Crippen molar-refractivity contribution < 1.29 is 20.1 Å². The Morgan fingerprint density at radius 1 is 0.950 bits per heavy atom. The van der Waals surface area contributed by atoms with Crippen molar-refractivity contribution in [1.29, 1.82) is 0 Å². The monoisotopic (exact) mass is 436 g/mol. The minimum Gasteiger partial charge on any atom is -0.316 e. The molecule has 4 aromatic rings. The molecule has 0 unspecified atom stereocenters. The molecule has 0 aliphatic rings. The molecule has 0 amide bonds. The molecule has 0 atom stereocenters. The van der Waals surface area contributed by atoms with Crippen LogP contribution in [-0.2, 0) is 20.1 Å². The van der Waals surface area contributed by atoms with Gasteiger partial charge in [0.1, 0.15) is 5.65 Å². The maximum absolute atomic E-state index is 4.66. The van der Waals surface area contributed by atoms with Crippen LogP contribution in [0.4, 0.5) is 0 Å². The maximum atomic E-state index is 4.66. The molecule has 99 valence electrons. The summed E-state index contributed by atoms with van der Waals surface area (Å²) in [4.78, 5) is 4.66. The third kappa shape index (κ3) is 2.05. The van der Waals surface area contributed by atoms with Crippen molar-refractivity contribution in [2.45, 2.75) is 0 Å². The molecule has 3 heteroatoms. The van der Waals surface area contributed by atoms with Gasteiger partial charge in [-0.05, 0) is 18.3 Å². The van der Waals surface area contributed by atoms with Crippen LogP contribution >= 0.6 is 0 Å². The second-order valence-corrected chi connectivity index (χ2v) is 4.53. The molecular formula is C17H11IrN2-. The van der Waals surface area contributed by atoms with E-state index in [1.807, 2.05) is 41.1 Å². The fraction of sp³-hybridized carbons (Fsp3) is 0. The van der Waals surface area contributed by atoms with Gasteiger partial charge in [0.05, 0.1) is 0 Å². The number of fused-ring (bicyclic) bond motifs is 2. The van der Waals surface area contributed by atoms with Crippen LogP contribution < -0.4 is 0 Å². The normalized spacial score (nSPS) is 10.6. The summed E-state index contributed by atoms with van der Waals surface area (Å²) >= 11 is 0. The first-order valence-electron chi connectivity index (χ1n) is 6.25. The maximum Gasteiger partial charge on any atom is 0.126 e. The zero-order valence-electron chi connectivity index (χ0n) is 10.6. The van der Waals surface area contributed by atoms with E-state index < -0.39 is 0 Å². The summed E-state index contributed by atoms with van der Waals surface area (Å²) in [7, 11) is 0. The zero-order chi connectivity index (χ0) is 12.7. The first-order chi connectivity index (χ1) is 9.42. The summed E-state index contributed by atoms with van der Waals surface area (Å²) < 4.78 is 2.03. The van der Waals surface area contributed by atoms with E-state index in [0.717, 1.165) is 16.9 Å². The Morgan fingerprint density at radius 2 is 1.80 bits per heavy atom. The van der Waals surface area contributed by atoms with Crippen molar-refractivity contribution in [3.8, 4) is 11.3 Å². The van der Waals surface area contributed by atoms with E-state index in [9.17, 15) is 0 Å². The molecule has 0 fully saturated rings. The molecule has 0 saturated heterocycles. The number of hydrogen-bond donors (Lipinski definition) is 0. The Balaban J connectivity index is 0.00000121. The van der Waals surface area contributed by atoms with Crippen LogP contribution in [0.25, 0.3) is 27.7 Å². The first kappa shape index (κ1) is 13.0. The van der Waals surface area contributed by atoms with Crippen LogP contribution in [0.5, 0.6) is 0 Å². The van der Waals surface area contributed by atoms with Gasteiger partial charge in [0.25, 0.3) is 0 Å². The minimum atomic E-state index is 0. The Kier molecular flexibility index (Phi) is 3.39. The van der Waals surface area contributed by atoms with E-state index >= 15 is 0 Å². The van der Waals surface area contributed by atoms with Crippen LogP contribution in [0.15, 0.2) is 67.0 Å². The average Bonchev–Trinajstić information content (AvgIpc) is 2.90. The molecule has 2 aromatic carbocycles. The molecule has 0 aliphatic carbocycles. The van der Waals surface area contributed by atoms with Crippen LogP contribution in [0, 0.1) is 6.07 Å². The molecule has 2 aromatic heterocycles. The van der Waals surface area contributed by atoms with E-state index in [2.05, 4.69) is 41.4 Å². The summed E-state index contributed by atoms with van der Waals surface area (Å²) in [5.41, 5.74) is 2.98. The fourth-order valence-corrected chi connectivity index (χ4v) is 2.43. The quantitative estimate of drug-likeness (QED) is 0.414. The molecule has 20 heavy (non-hydrogen) atoms. The van der Waals surface area contributed by atoms with Crippen molar-refractivity contribution in [3.05, 3.63) is 73.1 Å². The van der Waals surface area contributed by atoms with E-state index in [4.69, 9.17) is 0 Å². The van der Waals surface area contributed by atoms with Gasteiger partial charge in [0.2, 0.25) is 0 Å². The second-order valence-electron chi connectivity index (χ2n) is 4.53. The predicted molar refractivity (Wildman–Crippen MR) is 77.0 cm³/mol. The zero-order valence-corrected chi connectivity index (χ0v) is 13.0. The van der Waals surface area contributed by atoms with E-state index in [1.165, 1.54) is 10.8 Å². The molecule has 1 radical (unpaired) electrons. The second kappa shape index (κ2) is 5.20. The van der Waals surface area contributed by atoms with Gasteiger partial charge in [-0.25, -0.2) is 0 Å². The number of pyridine rings is 1.